The lowest BCUT2D eigenvalue weighted by Gasteiger charge is -2.50. The molecule has 3 aliphatic heterocycles. The summed E-state index contributed by atoms with van der Waals surface area (Å²) in [6, 6.07) is 5.50. The Balaban J connectivity index is 1.54. The van der Waals surface area contributed by atoms with E-state index in [1.165, 1.54) is 24.3 Å². The highest BCUT2D eigenvalue weighted by molar-refractivity contribution is 6.05. The molecule has 3 aliphatic rings. The molecule has 0 radical (unpaired) electrons. The van der Waals surface area contributed by atoms with Gasteiger partial charge in [-0.2, -0.15) is 13.2 Å². The third kappa shape index (κ3) is 3.20. The van der Waals surface area contributed by atoms with Crippen molar-refractivity contribution >= 4 is 28.7 Å². The van der Waals surface area contributed by atoms with E-state index in [1.54, 1.807) is 0 Å². The van der Waals surface area contributed by atoms with Crippen LogP contribution in [0.15, 0.2) is 36.4 Å². The third-order valence-corrected chi connectivity index (χ3v) is 6.70. The molecule has 14 heteroatoms. The van der Waals surface area contributed by atoms with Crippen molar-refractivity contribution in [3.63, 3.8) is 0 Å². The second-order valence-corrected chi connectivity index (χ2v) is 8.64. The maximum atomic E-state index is 13.5. The normalized spacial score (nSPS) is 29.2. The fourth-order valence-electron chi connectivity index (χ4n) is 5.10. The van der Waals surface area contributed by atoms with Gasteiger partial charge in [0.1, 0.15) is 0 Å². The van der Waals surface area contributed by atoms with Crippen molar-refractivity contribution in [3.05, 3.63) is 47.5 Å². The van der Waals surface area contributed by atoms with Gasteiger partial charge in [-0.3, -0.25) is 10.8 Å². The number of aliphatic hydroxyl groups is 3. The number of alkyl halides is 3. The molecule has 1 spiro atoms. The van der Waals surface area contributed by atoms with Gasteiger partial charge in [-0.15, -0.1) is 0 Å². The quantitative estimate of drug-likeness (QED) is 0.206. The van der Waals surface area contributed by atoms with Crippen molar-refractivity contribution < 1.29 is 38.0 Å². The van der Waals surface area contributed by atoms with E-state index in [0.717, 1.165) is 11.0 Å². The number of carbonyl (C=O) groups excluding carboxylic acids is 1. The largest absolute Gasteiger partial charge is 0.451 e. The summed E-state index contributed by atoms with van der Waals surface area (Å²) in [6.07, 6.45) is -6.47. The first-order chi connectivity index (χ1) is 16.4. The first-order valence-electron chi connectivity index (χ1n) is 10.5. The van der Waals surface area contributed by atoms with Gasteiger partial charge in [0.15, 0.2) is 23.7 Å². The minimum Gasteiger partial charge on any atom is -0.451 e. The maximum absolute atomic E-state index is 13.5. The van der Waals surface area contributed by atoms with E-state index in [0.29, 0.717) is 6.07 Å². The van der Waals surface area contributed by atoms with Crippen LogP contribution in [0, 0.1) is 10.8 Å². The molecule has 5 rings (SSSR count). The number of hydrogen-bond donors (Lipinski definition) is 8. The second kappa shape index (κ2) is 7.44. The minimum absolute atomic E-state index is 0.142. The molecule has 2 aromatic carbocycles. The van der Waals surface area contributed by atoms with Crippen LogP contribution < -0.4 is 16.0 Å². The topological polar surface area (TPSA) is 174 Å². The molecule has 1 unspecified atom stereocenters. The van der Waals surface area contributed by atoms with Gasteiger partial charge in [0.05, 0.1) is 36.4 Å². The zero-order chi connectivity index (χ0) is 25.3. The first kappa shape index (κ1) is 23.1. The van der Waals surface area contributed by atoms with Gasteiger partial charge >= 0.3 is 12.1 Å². The molecule has 4 atom stereocenters. The van der Waals surface area contributed by atoms with Gasteiger partial charge in [-0.1, -0.05) is 24.3 Å². The molecule has 0 amide bonds. The van der Waals surface area contributed by atoms with Crippen LogP contribution in [-0.2, 0) is 10.9 Å². The number of esters is 1. The summed E-state index contributed by atoms with van der Waals surface area (Å²) in [5.74, 6) is -4.79. The molecule has 0 bridgehead atoms. The first-order valence-corrected chi connectivity index (χ1v) is 10.5. The lowest BCUT2D eigenvalue weighted by atomic mass is 9.85. The Bertz CT molecular complexity index is 1250. The number of carbonyl (C=O) groups is 1. The standard InChI is InChI=1S/C21H21F3N6O5/c22-21(23,24)10-5-9-3-1-2-4-11(9)12(6-10)16(32)35-14-7-30-18(26)27-13(8-31)15-19(30,20(14,33)34)29-17(25)28-15/h1-6,13-15,31,33-34H,7-8H2,(H2,26,27)(H3,25,28,29)/t13-,14-,15?,19-/m0/s1. The van der Waals surface area contributed by atoms with Crippen molar-refractivity contribution in [2.45, 2.75) is 35.8 Å². The lowest BCUT2D eigenvalue weighted by molar-refractivity contribution is -0.258. The average molecular weight is 494 g/mol. The molecular weight excluding hydrogens is 473 g/mol. The third-order valence-electron chi connectivity index (χ3n) is 6.70. The Hall–Kier alpha value is -3.62. The number of nitrogens with zero attached hydrogens (tertiary/aromatic N) is 1. The van der Waals surface area contributed by atoms with Crippen molar-refractivity contribution in [2.75, 3.05) is 13.2 Å². The summed E-state index contributed by atoms with van der Waals surface area (Å²) in [6.45, 7) is -0.959. The summed E-state index contributed by atoms with van der Waals surface area (Å²) in [7, 11) is 0. The highest BCUT2D eigenvalue weighted by Crippen LogP contribution is 2.44. The molecule has 3 heterocycles. The number of fused-ring (bicyclic) bond motifs is 1. The SMILES string of the molecule is N=C1NC2[C@H](CO)NC(=N)N3C[C@H](OC(=O)c4cc(C(F)(F)F)cc5ccccc45)C(O)(O)[C@]23N1. The van der Waals surface area contributed by atoms with Gasteiger partial charge < -0.3 is 40.9 Å². The highest BCUT2D eigenvalue weighted by Gasteiger charge is 2.75. The van der Waals surface area contributed by atoms with Crippen LogP contribution >= 0.6 is 0 Å². The minimum atomic E-state index is -4.74. The van der Waals surface area contributed by atoms with Crippen LogP contribution in [0.2, 0.25) is 0 Å². The summed E-state index contributed by atoms with van der Waals surface area (Å²) in [5.41, 5.74) is -3.46. The van der Waals surface area contributed by atoms with Crippen molar-refractivity contribution in [3.8, 4) is 0 Å². The predicted molar refractivity (Wildman–Crippen MR) is 114 cm³/mol. The molecule has 186 valence electrons. The number of aliphatic hydroxyl groups excluding tert-OH is 1. The molecule has 2 aromatic rings. The lowest BCUT2D eigenvalue weighted by Crippen LogP contribution is -2.80. The van der Waals surface area contributed by atoms with E-state index in [9.17, 15) is 33.3 Å². The van der Waals surface area contributed by atoms with Crippen LogP contribution in [0.25, 0.3) is 10.8 Å². The fourth-order valence-corrected chi connectivity index (χ4v) is 5.10. The number of rotatable bonds is 3. The molecule has 35 heavy (non-hydrogen) atoms. The fraction of sp³-hybridized carbons (Fsp3) is 0.381. The molecular formula is C21H21F3N6O5. The van der Waals surface area contributed by atoms with E-state index in [2.05, 4.69) is 16.0 Å². The Morgan fingerprint density at radius 2 is 1.91 bits per heavy atom. The molecule has 3 fully saturated rings. The molecule has 0 aromatic heterocycles. The Kier molecular flexibility index (Phi) is 4.92. The van der Waals surface area contributed by atoms with E-state index < -0.39 is 66.1 Å². The summed E-state index contributed by atoms with van der Waals surface area (Å²) in [5, 5.41) is 56.6. The molecule has 0 aliphatic carbocycles. The number of benzene rings is 2. The van der Waals surface area contributed by atoms with Gasteiger partial charge in [0.2, 0.25) is 5.79 Å². The predicted octanol–water partition coefficient (Wildman–Crippen LogP) is -0.528. The Labute approximate surface area is 195 Å². The van der Waals surface area contributed by atoms with Crippen molar-refractivity contribution in [1.82, 2.24) is 20.9 Å². The molecule has 0 saturated carbocycles. The summed E-state index contributed by atoms with van der Waals surface area (Å²) in [4.78, 5) is 14.3. The summed E-state index contributed by atoms with van der Waals surface area (Å²) < 4.78 is 45.7. The van der Waals surface area contributed by atoms with Gasteiger partial charge in [-0.05, 0) is 22.9 Å². The number of hydrogen-bond acceptors (Lipinski definition) is 7. The number of halogens is 3. The molecule has 8 N–H and O–H groups in total. The van der Waals surface area contributed by atoms with Gasteiger partial charge in [0, 0.05) is 0 Å². The highest BCUT2D eigenvalue weighted by atomic mass is 19.4. The van der Waals surface area contributed by atoms with Gasteiger partial charge in [0.25, 0.3) is 0 Å². The van der Waals surface area contributed by atoms with Gasteiger partial charge in [-0.25, -0.2) is 4.79 Å². The van der Waals surface area contributed by atoms with Crippen molar-refractivity contribution in [2.24, 2.45) is 0 Å². The monoisotopic (exact) mass is 494 g/mol. The zero-order valence-corrected chi connectivity index (χ0v) is 17.8. The zero-order valence-electron chi connectivity index (χ0n) is 17.8. The number of ether oxygens (including phenoxy) is 1. The van der Waals surface area contributed by atoms with E-state index in [4.69, 9.17) is 15.6 Å². The average Bonchev–Trinajstić information content (AvgIpc) is 3.26. The maximum Gasteiger partial charge on any atom is 0.416 e. The molecule has 11 nitrogen and oxygen atoms in total. The Morgan fingerprint density at radius 1 is 1.20 bits per heavy atom. The van der Waals surface area contributed by atoms with E-state index in [1.807, 2.05) is 0 Å². The number of nitrogens with one attached hydrogen (secondary N) is 5. The second-order valence-electron chi connectivity index (χ2n) is 8.64. The smallest absolute Gasteiger partial charge is 0.416 e. The van der Waals surface area contributed by atoms with E-state index >= 15 is 0 Å². The summed E-state index contributed by atoms with van der Waals surface area (Å²) >= 11 is 0. The number of guanidine groups is 2. The molecule has 3 saturated heterocycles. The van der Waals surface area contributed by atoms with Crippen LogP contribution in [0.3, 0.4) is 0 Å². The van der Waals surface area contributed by atoms with Crippen molar-refractivity contribution in [1.29, 1.82) is 10.8 Å². The van der Waals surface area contributed by atoms with Crippen LogP contribution in [0.5, 0.6) is 0 Å². The van der Waals surface area contributed by atoms with Crippen LogP contribution in [-0.4, -0.2) is 80.9 Å². The van der Waals surface area contributed by atoms with E-state index in [-0.39, 0.29) is 22.7 Å². The van der Waals surface area contributed by atoms with Crippen LogP contribution in [0.1, 0.15) is 15.9 Å². The van der Waals surface area contributed by atoms with Crippen LogP contribution in [0.4, 0.5) is 13.2 Å². The Morgan fingerprint density at radius 3 is 2.60 bits per heavy atom.